The van der Waals surface area contributed by atoms with Gasteiger partial charge in [-0.15, -0.1) is 0 Å². The average molecular weight is 344 g/mol. The summed E-state index contributed by atoms with van der Waals surface area (Å²) in [5, 5.41) is 0. The molecule has 1 saturated heterocycles. The molecule has 0 radical (unpaired) electrons. The smallest absolute Gasteiger partial charge is 0.277 e. The third-order valence-corrected chi connectivity index (χ3v) is 4.93. The summed E-state index contributed by atoms with van der Waals surface area (Å²) in [6.45, 7) is 4.18. The van der Waals surface area contributed by atoms with Crippen molar-refractivity contribution in [2.24, 2.45) is 0 Å². The zero-order valence-corrected chi connectivity index (χ0v) is 14.8. The van der Waals surface area contributed by atoms with Crippen LogP contribution in [0, 0.1) is 5.82 Å². The van der Waals surface area contributed by atoms with Gasteiger partial charge in [-0.3, -0.25) is 14.5 Å². The minimum absolute atomic E-state index is 0.192. The van der Waals surface area contributed by atoms with Crippen LogP contribution in [0.5, 0.6) is 0 Å². The Balaban J connectivity index is 1.89. The number of likely N-dealkylation sites (tertiary alicyclic amines) is 1. The molecule has 1 fully saturated rings. The predicted octanol–water partition coefficient (Wildman–Crippen LogP) is 3.58. The molecular weight excluding hydrogens is 319 g/mol. The lowest BCUT2D eigenvalue weighted by Gasteiger charge is -2.20. The standard InChI is InChI=1S/C20H25FN2O2/c1-2-3-4-5-14-23-19(24)17(15-8-10-16(21)11-9-15)18(20(23)25)22-12-6-7-13-22/h8-11H,2-7,12-14H2,1H3. The van der Waals surface area contributed by atoms with Crippen molar-refractivity contribution in [3.8, 4) is 0 Å². The van der Waals surface area contributed by atoms with Crippen molar-refractivity contribution in [3.63, 3.8) is 0 Å². The van der Waals surface area contributed by atoms with E-state index in [0.717, 1.165) is 51.6 Å². The van der Waals surface area contributed by atoms with Crippen molar-refractivity contribution >= 4 is 17.4 Å². The summed E-state index contributed by atoms with van der Waals surface area (Å²) in [6, 6.07) is 5.86. The van der Waals surface area contributed by atoms with E-state index in [1.807, 2.05) is 4.90 Å². The average Bonchev–Trinajstić information content (AvgIpc) is 3.21. The fourth-order valence-electron chi connectivity index (χ4n) is 3.57. The molecule has 1 aromatic carbocycles. The van der Waals surface area contributed by atoms with Crippen molar-refractivity contribution < 1.29 is 14.0 Å². The number of halogens is 1. The van der Waals surface area contributed by atoms with Crippen molar-refractivity contribution in [1.29, 1.82) is 0 Å². The molecule has 0 spiro atoms. The van der Waals surface area contributed by atoms with Gasteiger partial charge in [-0.05, 0) is 37.0 Å². The first-order valence-electron chi connectivity index (χ1n) is 9.25. The predicted molar refractivity (Wildman–Crippen MR) is 95.0 cm³/mol. The maximum atomic E-state index is 13.3. The Hall–Kier alpha value is -2.17. The second kappa shape index (κ2) is 7.81. The number of nitrogens with zero attached hydrogens (tertiary/aromatic N) is 2. The molecule has 0 N–H and O–H groups in total. The Kier molecular flexibility index (Phi) is 5.51. The van der Waals surface area contributed by atoms with Gasteiger partial charge in [0.15, 0.2) is 0 Å². The molecule has 0 aromatic heterocycles. The Morgan fingerprint density at radius 3 is 2.28 bits per heavy atom. The highest BCUT2D eigenvalue weighted by atomic mass is 19.1. The number of hydrogen-bond donors (Lipinski definition) is 0. The van der Waals surface area contributed by atoms with Crippen LogP contribution in [0.1, 0.15) is 51.0 Å². The molecule has 25 heavy (non-hydrogen) atoms. The van der Waals surface area contributed by atoms with Crippen LogP contribution in [-0.4, -0.2) is 41.2 Å². The maximum Gasteiger partial charge on any atom is 0.277 e. The summed E-state index contributed by atoms with van der Waals surface area (Å²) < 4.78 is 13.3. The maximum absolute atomic E-state index is 13.3. The quantitative estimate of drug-likeness (QED) is 0.561. The topological polar surface area (TPSA) is 40.6 Å². The van der Waals surface area contributed by atoms with E-state index >= 15 is 0 Å². The number of imide groups is 1. The molecule has 2 aliphatic rings. The van der Waals surface area contributed by atoms with Gasteiger partial charge in [0, 0.05) is 19.6 Å². The van der Waals surface area contributed by atoms with Crippen LogP contribution >= 0.6 is 0 Å². The molecule has 2 aliphatic heterocycles. The van der Waals surface area contributed by atoms with Crippen LogP contribution in [0.3, 0.4) is 0 Å². The summed E-state index contributed by atoms with van der Waals surface area (Å²) in [5.74, 6) is -0.780. The zero-order valence-electron chi connectivity index (χ0n) is 14.8. The number of carbonyl (C=O) groups excluding carboxylic acids is 2. The van der Waals surface area contributed by atoms with E-state index in [0.29, 0.717) is 23.4 Å². The number of unbranched alkanes of at least 4 members (excludes halogenated alkanes) is 3. The lowest BCUT2D eigenvalue weighted by Crippen LogP contribution is -2.35. The first-order chi connectivity index (χ1) is 12.1. The lowest BCUT2D eigenvalue weighted by molar-refractivity contribution is -0.137. The van der Waals surface area contributed by atoms with Gasteiger partial charge in [0.1, 0.15) is 11.5 Å². The van der Waals surface area contributed by atoms with Gasteiger partial charge in [0.2, 0.25) is 0 Å². The largest absolute Gasteiger partial charge is 0.366 e. The third-order valence-electron chi connectivity index (χ3n) is 4.93. The molecule has 2 heterocycles. The first kappa shape index (κ1) is 17.6. The van der Waals surface area contributed by atoms with Crippen LogP contribution in [0.25, 0.3) is 5.57 Å². The van der Waals surface area contributed by atoms with Crippen LogP contribution in [-0.2, 0) is 9.59 Å². The van der Waals surface area contributed by atoms with E-state index in [9.17, 15) is 14.0 Å². The fraction of sp³-hybridized carbons (Fsp3) is 0.500. The van der Waals surface area contributed by atoms with Gasteiger partial charge in [0.05, 0.1) is 5.57 Å². The molecule has 5 heteroatoms. The van der Waals surface area contributed by atoms with Gasteiger partial charge < -0.3 is 4.90 Å². The number of carbonyl (C=O) groups is 2. The minimum Gasteiger partial charge on any atom is -0.366 e. The molecule has 0 aliphatic carbocycles. The molecule has 0 atom stereocenters. The van der Waals surface area contributed by atoms with Crippen molar-refractivity contribution in [3.05, 3.63) is 41.3 Å². The SMILES string of the molecule is CCCCCCN1C(=O)C(c2ccc(F)cc2)=C(N2CCCC2)C1=O. The third kappa shape index (κ3) is 3.60. The molecule has 3 rings (SSSR count). The zero-order chi connectivity index (χ0) is 17.8. The molecule has 1 aromatic rings. The van der Waals surface area contributed by atoms with E-state index in [1.54, 1.807) is 12.1 Å². The highest BCUT2D eigenvalue weighted by molar-refractivity contribution is 6.35. The second-order valence-electron chi connectivity index (χ2n) is 6.75. The van der Waals surface area contributed by atoms with Gasteiger partial charge >= 0.3 is 0 Å². The van der Waals surface area contributed by atoms with E-state index in [2.05, 4.69) is 6.92 Å². The number of rotatable bonds is 7. The highest BCUT2D eigenvalue weighted by Gasteiger charge is 2.41. The fourth-order valence-corrected chi connectivity index (χ4v) is 3.57. The van der Waals surface area contributed by atoms with E-state index in [4.69, 9.17) is 0 Å². The number of hydrogen-bond acceptors (Lipinski definition) is 3. The number of amides is 2. The lowest BCUT2D eigenvalue weighted by atomic mass is 10.0. The summed E-state index contributed by atoms with van der Waals surface area (Å²) in [6.07, 6.45) is 6.11. The summed E-state index contributed by atoms with van der Waals surface area (Å²) in [4.78, 5) is 29.3. The molecule has 134 valence electrons. The van der Waals surface area contributed by atoms with Crippen molar-refractivity contribution in [2.75, 3.05) is 19.6 Å². The molecule has 4 nitrogen and oxygen atoms in total. The monoisotopic (exact) mass is 344 g/mol. The van der Waals surface area contributed by atoms with Gasteiger partial charge in [-0.2, -0.15) is 0 Å². The molecule has 0 saturated carbocycles. The summed E-state index contributed by atoms with van der Waals surface area (Å²) in [7, 11) is 0. The van der Waals surface area contributed by atoms with Gasteiger partial charge in [-0.25, -0.2) is 4.39 Å². The summed E-state index contributed by atoms with van der Waals surface area (Å²) >= 11 is 0. The molecular formula is C20H25FN2O2. The van der Waals surface area contributed by atoms with Crippen LogP contribution in [0.15, 0.2) is 30.0 Å². The van der Waals surface area contributed by atoms with Gasteiger partial charge in [-0.1, -0.05) is 38.3 Å². The van der Waals surface area contributed by atoms with Crippen molar-refractivity contribution in [1.82, 2.24) is 9.80 Å². The minimum atomic E-state index is -0.347. The first-order valence-corrected chi connectivity index (χ1v) is 9.25. The van der Waals surface area contributed by atoms with E-state index in [1.165, 1.54) is 17.0 Å². The van der Waals surface area contributed by atoms with Crippen LogP contribution in [0.4, 0.5) is 4.39 Å². The Morgan fingerprint density at radius 2 is 1.64 bits per heavy atom. The molecule has 2 amide bonds. The highest BCUT2D eigenvalue weighted by Crippen LogP contribution is 2.33. The van der Waals surface area contributed by atoms with Crippen molar-refractivity contribution in [2.45, 2.75) is 45.4 Å². The molecule has 0 unspecified atom stereocenters. The van der Waals surface area contributed by atoms with Gasteiger partial charge in [0.25, 0.3) is 11.8 Å². The second-order valence-corrected chi connectivity index (χ2v) is 6.75. The Bertz CT molecular complexity index is 675. The van der Waals surface area contributed by atoms with E-state index in [-0.39, 0.29) is 17.6 Å². The molecule has 0 bridgehead atoms. The summed E-state index contributed by atoms with van der Waals surface area (Å²) in [5.41, 5.74) is 1.56. The van der Waals surface area contributed by atoms with Crippen LogP contribution < -0.4 is 0 Å². The van der Waals surface area contributed by atoms with Crippen LogP contribution in [0.2, 0.25) is 0 Å². The Morgan fingerprint density at radius 1 is 0.960 bits per heavy atom. The van der Waals surface area contributed by atoms with E-state index < -0.39 is 0 Å². The Labute approximate surface area is 148 Å². The normalized spacial score (nSPS) is 18.0. The number of benzene rings is 1.